The van der Waals surface area contributed by atoms with Crippen molar-refractivity contribution in [2.24, 2.45) is 5.73 Å². The number of halogens is 1. The summed E-state index contributed by atoms with van der Waals surface area (Å²) in [6, 6.07) is 3.44. The van der Waals surface area contributed by atoms with E-state index in [0.29, 0.717) is 25.2 Å². The maximum atomic E-state index is 14.0. The maximum Gasteiger partial charge on any atom is 0.243 e. The molecule has 0 radical (unpaired) electrons. The first-order valence-corrected chi connectivity index (χ1v) is 8.10. The molecule has 2 rings (SSSR count). The fraction of sp³-hybridized carbons (Fsp3) is 0.429. The summed E-state index contributed by atoms with van der Waals surface area (Å²) in [4.78, 5) is -0.383. The largest absolute Gasteiger partial charge is 0.380 e. The van der Waals surface area contributed by atoms with Gasteiger partial charge in [0.2, 0.25) is 10.0 Å². The van der Waals surface area contributed by atoms with Crippen molar-refractivity contribution in [2.45, 2.75) is 23.8 Å². The summed E-state index contributed by atoms with van der Waals surface area (Å²) in [5.74, 6) is 4.41. The van der Waals surface area contributed by atoms with E-state index in [1.54, 1.807) is 0 Å². The lowest BCUT2D eigenvalue weighted by atomic mass is 10.1. The van der Waals surface area contributed by atoms with Gasteiger partial charge in [-0.05, 0) is 31.0 Å². The van der Waals surface area contributed by atoms with E-state index >= 15 is 0 Å². The van der Waals surface area contributed by atoms with Crippen molar-refractivity contribution in [3.63, 3.8) is 0 Å². The van der Waals surface area contributed by atoms with Crippen LogP contribution in [0.4, 0.5) is 4.39 Å². The van der Waals surface area contributed by atoms with Crippen molar-refractivity contribution in [1.82, 2.24) is 4.72 Å². The normalized spacial score (nSPS) is 18.9. The van der Waals surface area contributed by atoms with Crippen molar-refractivity contribution in [3.05, 3.63) is 29.6 Å². The van der Waals surface area contributed by atoms with Gasteiger partial charge in [0.1, 0.15) is 10.7 Å². The molecule has 0 spiro atoms. The van der Waals surface area contributed by atoms with Gasteiger partial charge < -0.3 is 10.5 Å². The molecule has 0 aromatic heterocycles. The van der Waals surface area contributed by atoms with Crippen LogP contribution in [-0.4, -0.2) is 34.2 Å². The summed E-state index contributed by atoms with van der Waals surface area (Å²) in [7, 11) is -3.91. The highest BCUT2D eigenvalue weighted by Gasteiger charge is 2.24. The van der Waals surface area contributed by atoms with Gasteiger partial charge in [-0.15, -0.1) is 0 Å². The molecule has 1 aromatic carbocycles. The second-order valence-electron chi connectivity index (χ2n) is 4.69. The fourth-order valence-electron chi connectivity index (χ4n) is 2.07. The second kappa shape index (κ2) is 7.00. The second-order valence-corrected chi connectivity index (χ2v) is 6.37. The Balaban J connectivity index is 2.19. The van der Waals surface area contributed by atoms with Crippen LogP contribution < -0.4 is 10.5 Å². The van der Waals surface area contributed by atoms with Gasteiger partial charge in [-0.3, -0.25) is 0 Å². The smallest absolute Gasteiger partial charge is 0.243 e. The Morgan fingerprint density at radius 3 is 2.90 bits per heavy atom. The highest BCUT2D eigenvalue weighted by Crippen LogP contribution is 2.17. The molecule has 21 heavy (non-hydrogen) atoms. The molecular weight excluding hydrogens is 295 g/mol. The zero-order valence-corrected chi connectivity index (χ0v) is 12.2. The van der Waals surface area contributed by atoms with Crippen LogP contribution in [0.2, 0.25) is 0 Å². The van der Waals surface area contributed by atoms with Gasteiger partial charge in [-0.1, -0.05) is 11.8 Å². The minimum Gasteiger partial charge on any atom is -0.380 e. The molecule has 0 bridgehead atoms. The molecule has 3 N–H and O–H groups in total. The number of sulfonamides is 1. The molecule has 1 fully saturated rings. The van der Waals surface area contributed by atoms with E-state index in [4.69, 9.17) is 10.5 Å². The lowest BCUT2D eigenvalue weighted by Crippen LogP contribution is -2.40. The van der Waals surface area contributed by atoms with Crippen LogP contribution in [0.5, 0.6) is 0 Å². The molecule has 0 amide bonds. The zero-order valence-electron chi connectivity index (χ0n) is 11.4. The maximum absolute atomic E-state index is 14.0. The molecule has 0 saturated carbocycles. The minimum absolute atomic E-state index is 0.158. The van der Waals surface area contributed by atoms with Crippen molar-refractivity contribution in [3.8, 4) is 11.8 Å². The van der Waals surface area contributed by atoms with Crippen molar-refractivity contribution in [2.75, 3.05) is 19.8 Å². The average Bonchev–Trinajstić information content (AvgIpc) is 2.45. The van der Waals surface area contributed by atoms with Crippen LogP contribution in [0.3, 0.4) is 0 Å². The van der Waals surface area contributed by atoms with Gasteiger partial charge in [0.05, 0.1) is 13.2 Å². The summed E-state index contributed by atoms with van der Waals surface area (Å²) >= 11 is 0. The predicted octanol–water partition coefficient (Wildman–Crippen LogP) is 0.593. The van der Waals surface area contributed by atoms with Crippen LogP contribution in [0.1, 0.15) is 18.4 Å². The first kappa shape index (κ1) is 15.9. The van der Waals surface area contributed by atoms with Gasteiger partial charge in [0.15, 0.2) is 0 Å². The van der Waals surface area contributed by atoms with E-state index in [0.717, 1.165) is 12.5 Å². The van der Waals surface area contributed by atoms with Crippen LogP contribution in [0.25, 0.3) is 0 Å². The van der Waals surface area contributed by atoms with Crippen LogP contribution in [0.15, 0.2) is 23.1 Å². The fourth-order valence-corrected chi connectivity index (χ4v) is 3.38. The van der Waals surface area contributed by atoms with Crippen molar-refractivity contribution >= 4 is 10.0 Å². The molecule has 5 nitrogen and oxygen atoms in total. The Bertz CT molecular complexity index is 659. The molecule has 1 saturated heterocycles. The van der Waals surface area contributed by atoms with Crippen LogP contribution in [0, 0.1) is 17.7 Å². The van der Waals surface area contributed by atoms with E-state index in [2.05, 4.69) is 16.6 Å². The zero-order chi connectivity index (χ0) is 15.3. The number of ether oxygens (including phenoxy) is 1. The predicted molar refractivity (Wildman–Crippen MR) is 76.5 cm³/mol. The lowest BCUT2D eigenvalue weighted by molar-refractivity contribution is 0.0774. The first-order chi connectivity index (χ1) is 10.0. The lowest BCUT2D eigenvalue weighted by Gasteiger charge is -2.23. The summed E-state index contributed by atoms with van der Waals surface area (Å²) in [5.41, 5.74) is 5.62. The van der Waals surface area contributed by atoms with Gasteiger partial charge in [0, 0.05) is 18.2 Å². The molecule has 1 unspecified atom stereocenters. The number of nitrogens with one attached hydrogen (secondary N) is 1. The van der Waals surface area contributed by atoms with E-state index in [1.807, 2.05) is 0 Å². The van der Waals surface area contributed by atoms with Gasteiger partial charge in [-0.25, -0.2) is 17.5 Å². The molecule has 1 aliphatic rings. The van der Waals surface area contributed by atoms with E-state index in [9.17, 15) is 12.8 Å². The van der Waals surface area contributed by atoms with E-state index in [-0.39, 0.29) is 17.5 Å². The number of nitrogens with two attached hydrogens (primary N) is 1. The summed E-state index contributed by atoms with van der Waals surface area (Å²) in [6.45, 7) is 1.09. The summed E-state index contributed by atoms with van der Waals surface area (Å²) < 4.78 is 46.0. The van der Waals surface area contributed by atoms with E-state index in [1.165, 1.54) is 12.1 Å². The van der Waals surface area contributed by atoms with E-state index < -0.39 is 15.8 Å². The van der Waals surface area contributed by atoms with Gasteiger partial charge in [0.25, 0.3) is 0 Å². The molecule has 1 aliphatic heterocycles. The van der Waals surface area contributed by atoms with Crippen LogP contribution in [-0.2, 0) is 14.8 Å². The number of benzene rings is 1. The Labute approximate surface area is 123 Å². The summed E-state index contributed by atoms with van der Waals surface area (Å²) in [6.07, 6.45) is 1.46. The quantitative estimate of drug-likeness (QED) is 0.801. The third kappa shape index (κ3) is 4.25. The molecule has 1 aromatic rings. The van der Waals surface area contributed by atoms with Gasteiger partial charge >= 0.3 is 0 Å². The third-order valence-corrected chi connectivity index (χ3v) is 4.59. The highest BCUT2D eigenvalue weighted by molar-refractivity contribution is 7.89. The summed E-state index contributed by atoms with van der Waals surface area (Å²) in [5, 5.41) is 0. The molecule has 0 aliphatic carbocycles. The highest BCUT2D eigenvalue weighted by atomic mass is 32.2. The standard InChI is InChI=1S/C14H17FN2O3S/c15-13-9-11(3-1-7-16)5-6-14(13)21(18,19)17-12-4-2-8-20-10-12/h5-6,9,12,17H,2,4,7-8,10,16H2. The number of rotatable bonds is 3. The average molecular weight is 312 g/mol. The Morgan fingerprint density at radius 2 is 2.29 bits per heavy atom. The monoisotopic (exact) mass is 312 g/mol. The topological polar surface area (TPSA) is 81.4 Å². The minimum atomic E-state index is -3.91. The SMILES string of the molecule is NCC#Cc1ccc(S(=O)(=O)NC2CCCOC2)c(F)c1. The van der Waals surface area contributed by atoms with Crippen LogP contribution >= 0.6 is 0 Å². The molecule has 7 heteroatoms. The number of hydrogen-bond acceptors (Lipinski definition) is 4. The van der Waals surface area contributed by atoms with Crippen molar-refractivity contribution < 1.29 is 17.5 Å². The number of hydrogen-bond donors (Lipinski definition) is 2. The molecule has 114 valence electrons. The molecule has 1 atom stereocenters. The molecule has 1 heterocycles. The Kier molecular flexibility index (Phi) is 5.31. The van der Waals surface area contributed by atoms with Crippen molar-refractivity contribution in [1.29, 1.82) is 0 Å². The third-order valence-electron chi connectivity index (χ3n) is 3.04. The Morgan fingerprint density at radius 1 is 1.48 bits per heavy atom. The molecular formula is C14H17FN2O3S. The first-order valence-electron chi connectivity index (χ1n) is 6.61. The van der Waals surface area contributed by atoms with Gasteiger partial charge in [-0.2, -0.15) is 0 Å². The Hall–Kier alpha value is -1.46.